The number of rotatable bonds is 7. The molecule has 0 radical (unpaired) electrons. The Kier molecular flexibility index (Phi) is 8.81. The minimum Gasteiger partial charge on any atom is -0.463 e. The molecule has 0 spiro atoms. The third-order valence-corrected chi connectivity index (χ3v) is 4.68. The first-order valence-electron chi connectivity index (χ1n) is 9.30. The molecule has 170 valence electrons. The van der Waals surface area contributed by atoms with Crippen molar-refractivity contribution in [3.8, 4) is 5.75 Å². The van der Waals surface area contributed by atoms with Crippen molar-refractivity contribution >= 4 is 39.8 Å². The highest BCUT2D eigenvalue weighted by Gasteiger charge is 2.53. The van der Waals surface area contributed by atoms with Gasteiger partial charge >= 0.3 is 23.9 Å². The van der Waals surface area contributed by atoms with Gasteiger partial charge in [0.05, 0.1) is 4.47 Å². The Bertz CT molecular complexity index is 826. The zero-order chi connectivity index (χ0) is 23.1. The van der Waals surface area contributed by atoms with Crippen molar-refractivity contribution in [2.24, 2.45) is 0 Å². The van der Waals surface area contributed by atoms with E-state index in [0.29, 0.717) is 10.2 Å². The molecule has 1 aromatic carbocycles. The van der Waals surface area contributed by atoms with E-state index in [1.54, 1.807) is 24.3 Å². The summed E-state index contributed by atoms with van der Waals surface area (Å²) in [5.74, 6) is -2.37. The summed E-state index contributed by atoms with van der Waals surface area (Å²) < 4.78 is 33.3. The van der Waals surface area contributed by atoms with Crippen molar-refractivity contribution in [3.05, 3.63) is 28.7 Å². The van der Waals surface area contributed by atoms with E-state index in [4.69, 9.17) is 28.4 Å². The summed E-state index contributed by atoms with van der Waals surface area (Å²) in [6.07, 6.45) is -6.15. The predicted molar refractivity (Wildman–Crippen MR) is 107 cm³/mol. The number of carbonyl (C=O) groups is 4. The fraction of sp³-hybridized carbons (Fsp3) is 0.500. The van der Waals surface area contributed by atoms with E-state index in [9.17, 15) is 19.2 Å². The second kappa shape index (κ2) is 11.1. The monoisotopic (exact) mass is 502 g/mol. The molecule has 1 aliphatic heterocycles. The molecule has 10 nitrogen and oxygen atoms in total. The Hall–Kier alpha value is -2.66. The van der Waals surface area contributed by atoms with Crippen LogP contribution in [0.3, 0.4) is 0 Å². The van der Waals surface area contributed by atoms with Crippen molar-refractivity contribution in [2.45, 2.75) is 58.4 Å². The molecule has 0 unspecified atom stereocenters. The number of carbonyl (C=O) groups excluding carboxylic acids is 4. The average Bonchev–Trinajstić information content (AvgIpc) is 2.65. The van der Waals surface area contributed by atoms with Crippen molar-refractivity contribution in [1.29, 1.82) is 0 Å². The van der Waals surface area contributed by atoms with Crippen LogP contribution in [0, 0.1) is 0 Å². The van der Waals surface area contributed by atoms with Gasteiger partial charge in [0.2, 0.25) is 12.4 Å². The molecular formula is C20H23BrO10. The molecule has 0 bridgehead atoms. The molecule has 0 N–H and O–H groups in total. The molecule has 0 aromatic heterocycles. The van der Waals surface area contributed by atoms with Crippen molar-refractivity contribution in [2.75, 3.05) is 6.61 Å². The Morgan fingerprint density at radius 1 is 0.839 bits per heavy atom. The van der Waals surface area contributed by atoms with Gasteiger partial charge < -0.3 is 28.4 Å². The maximum atomic E-state index is 11.8. The Morgan fingerprint density at radius 3 is 1.94 bits per heavy atom. The second-order valence-electron chi connectivity index (χ2n) is 6.62. The molecule has 2 rings (SSSR count). The third kappa shape index (κ3) is 7.21. The Labute approximate surface area is 187 Å². The molecule has 5 atom stereocenters. The van der Waals surface area contributed by atoms with E-state index < -0.39 is 54.6 Å². The van der Waals surface area contributed by atoms with Gasteiger partial charge in [-0.05, 0) is 28.1 Å². The lowest BCUT2D eigenvalue weighted by molar-refractivity contribution is -0.288. The van der Waals surface area contributed by atoms with Crippen LogP contribution in [0.25, 0.3) is 0 Å². The first-order chi connectivity index (χ1) is 14.6. The standard InChI is InChI=1S/C20H23BrO10/c1-10(22)26-9-16-17(27-11(2)23)18(28-12(3)24)19(29-13(4)25)20(31-16)30-15-8-6-5-7-14(15)21/h5-8,16-20H,9H2,1-4H3/t16-,17+,18+,19-,20-/m1/s1. The smallest absolute Gasteiger partial charge is 0.303 e. The molecule has 31 heavy (non-hydrogen) atoms. The van der Waals surface area contributed by atoms with E-state index in [0.717, 1.165) is 20.8 Å². The van der Waals surface area contributed by atoms with Crippen LogP contribution in [-0.2, 0) is 42.9 Å². The number of ether oxygens (including phenoxy) is 6. The number of para-hydroxylation sites is 1. The molecular weight excluding hydrogens is 480 g/mol. The van der Waals surface area contributed by atoms with Crippen molar-refractivity contribution in [1.82, 2.24) is 0 Å². The fourth-order valence-corrected chi connectivity index (χ4v) is 3.33. The summed E-state index contributed by atoms with van der Waals surface area (Å²) in [4.78, 5) is 46.6. The molecule has 1 aliphatic rings. The maximum absolute atomic E-state index is 11.8. The summed E-state index contributed by atoms with van der Waals surface area (Å²) in [6.45, 7) is 4.33. The zero-order valence-electron chi connectivity index (χ0n) is 17.4. The second-order valence-corrected chi connectivity index (χ2v) is 7.47. The Morgan fingerprint density at radius 2 is 1.39 bits per heavy atom. The molecule has 1 fully saturated rings. The average molecular weight is 503 g/mol. The number of benzene rings is 1. The van der Waals surface area contributed by atoms with Gasteiger partial charge in [-0.2, -0.15) is 0 Å². The maximum Gasteiger partial charge on any atom is 0.303 e. The molecule has 1 saturated heterocycles. The van der Waals surface area contributed by atoms with Crippen LogP contribution in [0.1, 0.15) is 27.7 Å². The molecule has 1 aromatic rings. The van der Waals surface area contributed by atoms with Crippen LogP contribution in [0.4, 0.5) is 0 Å². The van der Waals surface area contributed by atoms with Gasteiger partial charge in [0, 0.05) is 27.7 Å². The van der Waals surface area contributed by atoms with Gasteiger partial charge in [-0.1, -0.05) is 12.1 Å². The lowest BCUT2D eigenvalue weighted by Gasteiger charge is -2.44. The Balaban J connectivity index is 2.46. The van der Waals surface area contributed by atoms with Crippen molar-refractivity contribution in [3.63, 3.8) is 0 Å². The molecule has 1 heterocycles. The van der Waals surface area contributed by atoms with E-state index >= 15 is 0 Å². The normalized spacial score (nSPS) is 25.1. The minimum atomic E-state index is -1.29. The van der Waals surface area contributed by atoms with Crippen LogP contribution >= 0.6 is 15.9 Å². The number of halogens is 1. The highest BCUT2D eigenvalue weighted by Crippen LogP contribution is 2.33. The topological polar surface area (TPSA) is 124 Å². The van der Waals surface area contributed by atoms with Gasteiger partial charge in [-0.25, -0.2) is 0 Å². The van der Waals surface area contributed by atoms with Gasteiger partial charge in [0.1, 0.15) is 18.5 Å². The van der Waals surface area contributed by atoms with Crippen LogP contribution < -0.4 is 4.74 Å². The van der Waals surface area contributed by atoms with Crippen LogP contribution in [0.15, 0.2) is 28.7 Å². The highest BCUT2D eigenvalue weighted by atomic mass is 79.9. The van der Waals surface area contributed by atoms with Gasteiger partial charge in [-0.3, -0.25) is 19.2 Å². The van der Waals surface area contributed by atoms with E-state index in [2.05, 4.69) is 15.9 Å². The van der Waals surface area contributed by atoms with Crippen LogP contribution in [0.5, 0.6) is 5.75 Å². The molecule has 0 saturated carbocycles. The summed E-state index contributed by atoms with van der Waals surface area (Å²) >= 11 is 3.35. The zero-order valence-corrected chi connectivity index (χ0v) is 18.9. The van der Waals surface area contributed by atoms with E-state index in [-0.39, 0.29) is 6.61 Å². The molecule has 0 amide bonds. The lowest BCUT2D eigenvalue weighted by Crippen LogP contribution is -2.63. The van der Waals surface area contributed by atoms with Crippen LogP contribution in [0.2, 0.25) is 0 Å². The largest absolute Gasteiger partial charge is 0.463 e. The van der Waals surface area contributed by atoms with Gasteiger partial charge in [0.25, 0.3) is 0 Å². The summed E-state index contributed by atoms with van der Waals surface area (Å²) in [5.41, 5.74) is 0. The van der Waals surface area contributed by atoms with Gasteiger partial charge in [0.15, 0.2) is 12.2 Å². The first-order valence-corrected chi connectivity index (χ1v) is 10.1. The summed E-state index contributed by atoms with van der Waals surface area (Å²) in [5, 5.41) is 0. The number of hydrogen-bond acceptors (Lipinski definition) is 10. The SMILES string of the molecule is CC(=O)OC[C@H]1O[C@@H](Oc2ccccc2Br)[C@H](OC(C)=O)[C@@H](OC(C)=O)[C@H]1OC(C)=O. The van der Waals surface area contributed by atoms with Gasteiger partial charge in [-0.15, -0.1) is 0 Å². The predicted octanol–water partition coefficient (Wildman–Crippen LogP) is 1.91. The number of hydrogen-bond donors (Lipinski definition) is 0. The van der Waals surface area contributed by atoms with Crippen molar-refractivity contribution < 1.29 is 47.6 Å². The number of esters is 4. The van der Waals surface area contributed by atoms with E-state index in [1.165, 1.54) is 6.92 Å². The third-order valence-electron chi connectivity index (χ3n) is 4.03. The minimum absolute atomic E-state index is 0.326. The fourth-order valence-electron chi connectivity index (χ4n) is 2.95. The van der Waals surface area contributed by atoms with Crippen LogP contribution in [-0.4, -0.2) is 61.2 Å². The lowest BCUT2D eigenvalue weighted by atomic mass is 9.98. The summed E-state index contributed by atoms with van der Waals surface area (Å²) in [7, 11) is 0. The molecule has 0 aliphatic carbocycles. The van der Waals surface area contributed by atoms with E-state index in [1.807, 2.05) is 0 Å². The summed E-state index contributed by atoms with van der Waals surface area (Å²) in [6, 6.07) is 6.84. The first kappa shape index (κ1) is 24.6. The highest BCUT2D eigenvalue weighted by molar-refractivity contribution is 9.10. The molecule has 11 heteroatoms. The quantitative estimate of drug-likeness (QED) is 0.403.